The van der Waals surface area contributed by atoms with Gasteiger partial charge < -0.3 is 0 Å². The fraction of sp³-hybridized carbons (Fsp3) is 0. The van der Waals surface area contributed by atoms with Crippen molar-refractivity contribution in [1.82, 2.24) is 0 Å². The highest BCUT2D eigenvalue weighted by Crippen LogP contribution is 2.45. The van der Waals surface area contributed by atoms with Crippen LogP contribution in [0.2, 0.25) is 0 Å². The molecule has 0 fully saturated rings. The zero-order valence-electron chi connectivity index (χ0n) is 23.4. The molecule has 1 aromatic heterocycles. The Kier molecular flexibility index (Phi) is 5.47. The van der Waals surface area contributed by atoms with Gasteiger partial charge in [-0.05, 0) is 83.9 Å². The molecule has 8 aromatic carbocycles. The van der Waals surface area contributed by atoms with Crippen LogP contribution in [-0.2, 0) is 0 Å². The molecule has 200 valence electrons. The third kappa shape index (κ3) is 3.90. The summed E-state index contributed by atoms with van der Waals surface area (Å²) >= 11 is 1.90. The monoisotopic (exact) mass is 562 g/mol. The second kappa shape index (κ2) is 9.66. The Labute approximate surface area is 254 Å². The van der Waals surface area contributed by atoms with Gasteiger partial charge in [-0.25, -0.2) is 0 Å². The number of rotatable bonds is 3. The summed E-state index contributed by atoms with van der Waals surface area (Å²) < 4.78 is 2.67. The molecular weight excluding hydrogens is 537 g/mol. The van der Waals surface area contributed by atoms with Crippen LogP contribution >= 0.6 is 11.3 Å². The zero-order chi connectivity index (χ0) is 28.3. The first-order chi connectivity index (χ1) is 21.3. The minimum absolute atomic E-state index is 1.24. The first-order valence-corrected chi connectivity index (χ1v) is 15.6. The van der Waals surface area contributed by atoms with E-state index in [1.165, 1.54) is 85.9 Å². The van der Waals surface area contributed by atoms with Crippen LogP contribution < -0.4 is 0 Å². The smallest absolute Gasteiger partial charge is 0.0361 e. The molecule has 0 saturated carbocycles. The molecule has 0 spiro atoms. The maximum Gasteiger partial charge on any atom is 0.0361 e. The van der Waals surface area contributed by atoms with Crippen LogP contribution in [-0.4, -0.2) is 0 Å². The summed E-state index contributed by atoms with van der Waals surface area (Å²) in [6.07, 6.45) is 0. The van der Waals surface area contributed by atoms with Crippen molar-refractivity contribution in [2.45, 2.75) is 0 Å². The van der Waals surface area contributed by atoms with Gasteiger partial charge in [0, 0.05) is 20.2 Å². The first kappa shape index (κ1) is 24.4. The molecule has 0 nitrogen and oxygen atoms in total. The number of fused-ring (bicyclic) bond motifs is 6. The standard InChI is InChI=1S/C42H26S/c1-2-10-27(11-3-1)28-18-20-29(21-19-28)41-34-14-6-8-16-36(34)42(37-17-9-7-15-35(37)41)32-22-23-33-38-24-30-12-4-5-13-31(30)25-40(38)43-39(33)26-32/h1-26H. The van der Waals surface area contributed by atoms with Crippen LogP contribution in [0.1, 0.15) is 0 Å². The predicted molar refractivity (Wildman–Crippen MR) is 188 cm³/mol. The number of hydrogen-bond acceptors (Lipinski definition) is 1. The molecule has 0 aliphatic rings. The fourth-order valence-electron chi connectivity index (χ4n) is 6.83. The molecule has 1 heteroatoms. The maximum atomic E-state index is 2.41. The summed E-state index contributed by atoms with van der Waals surface area (Å²) in [6.45, 7) is 0. The molecule has 1 heterocycles. The first-order valence-electron chi connectivity index (χ1n) is 14.8. The molecule has 0 N–H and O–H groups in total. The Hall–Kier alpha value is -5.24. The van der Waals surface area contributed by atoms with Gasteiger partial charge in [-0.3, -0.25) is 0 Å². The van der Waals surface area contributed by atoms with E-state index in [0.717, 1.165) is 0 Å². The van der Waals surface area contributed by atoms with E-state index in [0.29, 0.717) is 0 Å². The summed E-state index contributed by atoms with van der Waals surface area (Å²) in [5.41, 5.74) is 7.58. The summed E-state index contributed by atoms with van der Waals surface area (Å²) in [7, 11) is 0. The largest absolute Gasteiger partial charge is 0.135 e. The minimum Gasteiger partial charge on any atom is -0.135 e. The SMILES string of the molecule is c1ccc(-c2ccc(-c3c4ccccc4c(-c4ccc5c(c4)sc4cc6ccccc6cc45)c4ccccc34)cc2)cc1. The van der Waals surface area contributed by atoms with E-state index in [1.54, 1.807) is 0 Å². The van der Waals surface area contributed by atoms with Gasteiger partial charge in [-0.15, -0.1) is 11.3 Å². The normalized spacial score (nSPS) is 11.7. The molecule has 0 amide bonds. The lowest BCUT2D eigenvalue weighted by Crippen LogP contribution is -1.90. The molecule has 43 heavy (non-hydrogen) atoms. The minimum atomic E-state index is 1.24. The predicted octanol–water partition coefficient (Wildman–Crippen LogP) is 12.5. The molecule has 0 saturated heterocycles. The average molecular weight is 563 g/mol. The molecule has 0 unspecified atom stereocenters. The van der Waals surface area contributed by atoms with E-state index in [-0.39, 0.29) is 0 Å². The highest BCUT2D eigenvalue weighted by atomic mass is 32.1. The van der Waals surface area contributed by atoms with Gasteiger partial charge >= 0.3 is 0 Å². The molecule has 0 aliphatic carbocycles. The Morgan fingerprint density at radius 1 is 0.279 bits per heavy atom. The molecule has 9 aromatic rings. The van der Waals surface area contributed by atoms with Crippen molar-refractivity contribution in [1.29, 1.82) is 0 Å². The third-order valence-corrected chi connectivity index (χ3v) is 9.96. The van der Waals surface area contributed by atoms with Crippen molar-refractivity contribution in [2.75, 3.05) is 0 Å². The Morgan fingerprint density at radius 2 is 0.744 bits per heavy atom. The van der Waals surface area contributed by atoms with Crippen LogP contribution in [0.3, 0.4) is 0 Å². The maximum absolute atomic E-state index is 2.41. The van der Waals surface area contributed by atoms with Gasteiger partial charge in [0.05, 0.1) is 0 Å². The van der Waals surface area contributed by atoms with Gasteiger partial charge in [0.15, 0.2) is 0 Å². The van der Waals surface area contributed by atoms with Gasteiger partial charge in [0.2, 0.25) is 0 Å². The second-order valence-corrected chi connectivity index (χ2v) is 12.4. The van der Waals surface area contributed by atoms with Crippen molar-refractivity contribution in [2.24, 2.45) is 0 Å². The van der Waals surface area contributed by atoms with E-state index in [4.69, 9.17) is 0 Å². The highest BCUT2D eigenvalue weighted by molar-refractivity contribution is 7.25. The van der Waals surface area contributed by atoms with E-state index in [1.807, 2.05) is 11.3 Å². The lowest BCUT2D eigenvalue weighted by atomic mass is 9.85. The van der Waals surface area contributed by atoms with E-state index < -0.39 is 0 Å². The van der Waals surface area contributed by atoms with Crippen molar-refractivity contribution >= 4 is 63.8 Å². The number of hydrogen-bond donors (Lipinski definition) is 0. The van der Waals surface area contributed by atoms with Gasteiger partial charge in [0.25, 0.3) is 0 Å². The van der Waals surface area contributed by atoms with Gasteiger partial charge in [-0.1, -0.05) is 140 Å². The fourth-order valence-corrected chi connectivity index (χ4v) is 8.00. The Bertz CT molecular complexity index is 2420. The topological polar surface area (TPSA) is 0 Å². The summed E-state index contributed by atoms with van der Waals surface area (Å²) in [5, 5.41) is 10.4. The third-order valence-electron chi connectivity index (χ3n) is 8.84. The van der Waals surface area contributed by atoms with Gasteiger partial charge in [-0.2, -0.15) is 0 Å². The van der Waals surface area contributed by atoms with Crippen LogP contribution in [0.5, 0.6) is 0 Å². The molecule has 0 bridgehead atoms. The van der Waals surface area contributed by atoms with Crippen LogP contribution in [0.25, 0.3) is 85.9 Å². The van der Waals surface area contributed by atoms with E-state index in [9.17, 15) is 0 Å². The molecular formula is C42H26S. The second-order valence-electron chi connectivity index (χ2n) is 11.3. The number of thiophene rings is 1. The lowest BCUT2D eigenvalue weighted by Gasteiger charge is -2.18. The molecule has 9 rings (SSSR count). The van der Waals surface area contributed by atoms with E-state index >= 15 is 0 Å². The summed E-state index contributed by atoms with van der Waals surface area (Å²) in [5.74, 6) is 0. The molecule has 0 radical (unpaired) electrons. The lowest BCUT2D eigenvalue weighted by molar-refractivity contribution is 1.61. The average Bonchev–Trinajstić information content (AvgIpc) is 3.43. The summed E-state index contributed by atoms with van der Waals surface area (Å²) in [4.78, 5) is 0. The van der Waals surface area contributed by atoms with Crippen LogP contribution in [0, 0.1) is 0 Å². The van der Waals surface area contributed by atoms with Crippen LogP contribution in [0.4, 0.5) is 0 Å². The molecule has 0 aliphatic heterocycles. The molecule has 0 atom stereocenters. The Balaban J connectivity index is 1.27. The van der Waals surface area contributed by atoms with Crippen LogP contribution in [0.15, 0.2) is 158 Å². The van der Waals surface area contributed by atoms with Crippen molar-refractivity contribution < 1.29 is 0 Å². The quantitative estimate of drug-likeness (QED) is 0.188. The van der Waals surface area contributed by atoms with Crippen molar-refractivity contribution in [3.05, 3.63) is 158 Å². The highest BCUT2D eigenvalue weighted by Gasteiger charge is 2.17. The van der Waals surface area contributed by atoms with Crippen molar-refractivity contribution in [3.63, 3.8) is 0 Å². The van der Waals surface area contributed by atoms with E-state index in [2.05, 4.69) is 158 Å². The van der Waals surface area contributed by atoms with Gasteiger partial charge in [0.1, 0.15) is 0 Å². The number of benzene rings is 8. The summed E-state index contributed by atoms with van der Waals surface area (Å²) in [6, 6.07) is 57.9. The Morgan fingerprint density at radius 3 is 1.40 bits per heavy atom. The van der Waals surface area contributed by atoms with Crippen molar-refractivity contribution in [3.8, 4) is 33.4 Å². The zero-order valence-corrected chi connectivity index (χ0v) is 24.2.